The van der Waals surface area contributed by atoms with E-state index in [0.717, 1.165) is 42.5 Å². The minimum atomic E-state index is -3.64. The number of rotatable bonds is 8. The highest BCUT2D eigenvalue weighted by atomic mass is 32.2. The van der Waals surface area contributed by atoms with Gasteiger partial charge >= 0.3 is 5.97 Å². The molecule has 0 bridgehead atoms. The number of nitrogens with one attached hydrogen (secondary N) is 1. The zero-order valence-corrected chi connectivity index (χ0v) is 19.7. The molecule has 1 heterocycles. The van der Waals surface area contributed by atoms with Crippen LogP contribution in [0.25, 0.3) is 0 Å². The number of carbonyl (C=O) groups is 1. The summed E-state index contributed by atoms with van der Waals surface area (Å²) in [6.45, 7) is 6.62. The van der Waals surface area contributed by atoms with E-state index in [1.807, 2.05) is 57.2 Å². The van der Waals surface area contributed by atoms with Gasteiger partial charge in [-0.15, -0.1) is 0 Å². The van der Waals surface area contributed by atoms with E-state index in [-0.39, 0.29) is 12.5 Å². The molecule has 170 valence electrons. The third kappa shape index (κ3) is 5.86. The van der Waals surface area contributed by atoms with E-state index < -0.39 is 16.0 Å². The Hall–Kier alpha value is -2.38. The summed E-state index contributed by atoms with van der Waals surface area (Å²) >= 11 is 0. The van der Waals surface area contributed by atoms with Crippen molar-refractivity contribution in [3.05, 3.63) is 59.2 Å². The first kappa shape index (κ1) is 24.9. The van der Waals surface area contributed by atoms with E-state index >= 15 is 0 Å². The molecule has 0 saturated heterocycles. The second kappa shape index (κ2) is 11.3. The van der Waals surface area contributed by atoms with Gasteiger partial charge in [0.2, 0.25) is 0 Å². The molecule has 2 aromatic carbocycles. The summed E-state index contributed by atoms with van der Waals surface area (Å²) in [4.78, 5) is 10.9. The molecule has 0 spiro atoms. The maximum atomic E-state index is 13.2. The quantitative estimate of drug-likeness (QED) is 0.565. The second-order valence-electron chi connectivity index (χ2n) is 7.52. The van der Waals surface area contributed by atoms with E-state index in [9.17, 15) is 13.2 Å². The van der Waals surface area contributed by atoms with Crippen LogP contribution in [0, 0.1) is 6.92 Å². The minimum Gasteiger partial charge on any atom is -0.481 e. The molecule has 1 unspecified atom stereocenters. The Bertz CT molecular complexity index is 989. The lowest BCUT2D eigenvalue weighted by Gasteiger charge is -2.22. The second-order valence-corrected chi connectivity index (χ2v) is 9.46. The Labute approximate surface area is 186 Å². The monoisotopic (exact) mass is 446 g/mol. The van der Waals surface area contributed by atoms with Crippen molar-refractivity contribution in [1.29, 1.82) is 0 Å². The van der Waals surface area contributed by atoms with E-state index in [0.29, 0.717) is 17.0 Å². The number of benzene rings is 2. The van der Waals surface area contributed by atoms with Crippen molar-refractivity contribution in [1.82, 2.24) is 5.32 Å². The van der Waals surface area contributed by atoms with Crippen molar-refractivity contribution < 1.29 is 18.3 Å². The Morgan fingerprint density at radius 2 is 1.71 bits per heavy atom. The highest BCUT2D eigenvalue weighted by Crippen LogP contribution is 2.40. The number of anilines is 1. The molecule has 3 rings (SSSR count). The van der Waals surface area contributed by atoms with E-state index in [1.165, 1.54) is 4.31 Å². The molecule has 0 fully saturated rings. The van der Waals surface area contributed by atoms with Crippen LogP contribution in [-0.4, -0.2) is 33.1 Å². The Morgan fingerprint density at radius 3 is 2.42 bits per heavy atom. The van der Waals surface area contributed by atoms with Crippen LogP contribution in [0.4, 0.5) is 5.69 Å². The average Bonchev–Trinajstić information content (AvgIpc) is 2.82. The maximum absolute atomic E-state index is 13.2. The van der Waals surface area contributed by atoms with E-state index in [4.69, 9.17) is 5.11 Å². The van der Waals surface area contributed by atoms with Gasteiger partial charge in [-0.1, -0.05) is 57.0 Å². The molecule has 1 aliphatic heterocycles. The number of fused-ring (bicyclic) bond motifs is 2. The minimum absolute atomic E-state index is 0.209. The molecular weight excluding hydrogens is 412 g/mol. The molecule has 6 nitrogen and oxygen atoms in total. The fourth-order valence-electron chi connectivity index (χ4n) is 3.79. The van der Waals surface area contributed by atoms with Gasteiger partial charge in [-0.3, -0.25) is 9.10 Å². The molecule has 2 aromatic rings. The molecule has 1 aliphatic rings. The van der Waals surface area contributed by atoms with Crippen molar-refractivity contribution in [2.45, 2.75) is 63.8 Å². The SMILES string of the molecule is CC.Cc1ccc2c(c1)S(=O)(=O)N(C)c1ccccc1C2NCCCCCCC(=O)O. The normalized spacial score (nSPS) is 16.4. The van der Waals surface area contributed by atoms with Crippen molar-refractivity contribution in [3.63, 3.8) is 0 Å². The smallest absolute Gasteiger partial charge is 0.303 e. The number of aryl methyl sites for hydroxylation is 1. The predicted octanol–water partition coefficient (Wildman–Crippen LogP) is 4.87. The van der Waals surface area contributed by atoms with Gasteiger partial charge in [0.25, 0.3) is 10.0 Å². The van der Waals surface area contributed by atoms with Gasteiger partial charge in [-0.25, -0.2) is 8.42 Å². The van der Waals surface area contributed by atoms with Gasteiger partial charge in [-0.05, 0) is 55.1 Å². The largest absolute Gasteiger partial charge is 0.481 e. The number of aliphatic carboxylic acids is 1. The number of para-hydroxylation sites is 1. The summed E-state index contributed by atoms with van der Waals surface area (Å²) in [5.41, 5.74) is 3.29. The summed E-state index contributed by atoms with van der Waals surface area (Å²) in [6, 6.07) is 13.0. The fraction of sp³-hybridized carbons (Fsp3) is 0.458. The van der Waals surface area contributed by atoms with Crippen LogP contribution in [0.3, 0.4) is 0 Å². The molecule has 1 atom stereocenters. The average molecular weight is 447 g/mol. The van der Waals surface area contributed by atoms with Gasteiger partial charge in [-0.2, -0.15) is 0 Å². The van der Waals surface area contributed by atoms with E-state index in [1.54, 1.807) is 13.1 Å². The van der Waals surface area contributed by atoms with Gasteiger partial charge in [0.15, 0.2) is 0 Å². The Kier molecular flexibility index (Phi) is 9.07. The van der Waals surface area contributed by atoms with Crippen molar-refractivity contribution in [2.75, 3.05) is 17.9 Å². The highest BCUT2D eigenvalue weighted by molar-refractivity contribution is 7.92. The summed E-state index contributed by atoms with van der Waals surface area (Å²) in [6.07, 6.45) is 3.62. The lowest BCUT2D eigenvalue weighted by atomic mass is 9.96. The number of carboxylic acid groups (broad SMARTS) is 1. The third-order valence-corrected chi connectivity index (χ3v) is 7.20. The topological polar surface area (TPSA) is 86.7 Å². The number of unbranched alkanes of at least 4 members (excludes halogenated alkanes) is 3. The van der Waals surface area contributed by atoms with Crippen LogP contribution in [0.15, 0.2) is 47.4 Å². The van der Waals surface area contributed by atoms with Crippen LogP contribution in [0.2, 0.25) is 0 Å². The van der Waals surface area contributed by atoms with E-state index in [2.05, 4.69) is 5.32 Å². The Balaban J connectivity index is 0.00000166. The lowest BCUT2D eigenvalue weighted by Crippen LogP contribution is -2.26. The first-order chi connectivity index (χ1) is 14.8. The number of carboxylic acids is 1. The molecule has 0 saturated carbocycles. The fourth-order valence-corrected chi connectivity index (χ4v) is 5.33. The summed E-state index contributed by atoms with van der Waals surface area (Å²) < 4.78 is 27.8. The van der Waals surface area contributed by atoms with Crippen molar-refractivity contribution in [3.8, 4) is 0 Å². The lowest BCUT2D eigenvalue weighted by molar-refractivity contribution is -0.137. The molecule has 2 N–H and O–H groups in total. The number of hydrogen-bond acceptors (Lipinski definition) is 4. The van der Waals surface area contributed by atoms with Crippen LogP contribution < -0.4 is 9.62 Å². The standard InChI is InChI=1S/C22H28N2O4S.C2H6/c1-16-12-13-18-20(15-16)29(27,28)24(2)19-10-7-6-9-17(19)22(18)23-14-8-4-3-5-11-21(25)26;1-2/h6-7,9-10,12-13,15,22-23H,3-5,8,11,14H2,1-2H3,(H,25,26);1-2H3. The molecule has 7 heteroatoms. The van der Waals surface area contributed by atoms with Crippen molar-refractivity contribution in [2.24, 2.45) is 0 Å². The van der Waals surface area contributed by atoms with Gasteiger partial charge in [0.05, 0.1) is 16.6 Å². The summed E-state index contributed by atoms with van der Waals surface area (Å²) in [5.74, 6) is -0.754. The predicted molar refractivity (Wildman–Crippen MR) is 125 cm³/mol. The number of sulfonamides is 1. The maximum Gasteiger partial charge on any atom is 0.303 e. The highest BCUT2D eigenvalue weighted by Gasteiger charge is 2.34. The third-order valence-electron chi connectivity index (χ3n) is 5.37. The van der Waals surface area contributed by atoms with Gasteiger partial charge in [0.1, 0.15) is 0 Å². The zero-order chi connectivity index (χ0) is 23.0. The van der Waals surface area contributed by atoms with Gasteiger partial charge in [0, 0.05) is 13.5 Å². The Morgan fingerprint density at radius 1 is 1.03 bits per heavy atom. The first-order valence-electron chi connectivity index (χ1n) is 11.0. The molecule has 0 radical (unpaired) electrons. The molecular formula is C24H34N2O4S. The first-order valence-corrected chi connectivity index (χ1v) is 12.4. The summed E-state index contributed by atoms with van der Waals surface area (Å²) in [5, 5.41) is 12.3. The van der Waals surface area contributed by atoms with Crippen molar-refractivity contribution >= 4 is 21.7 Å². The van der Waals surface area contributed by atoms with Crippen LogP contribution >= 0.6 is 0 Å². The molecule has 0 aliphatic carbocycles. The van der Waals surface area contributed by atoms with Crippen LogP contribution in [-0.2, 0) is 14.8 Å². The number of nitrogens with zero attached hydrogens (tertiary/aromatic N) is 1. The molecule has 0 amide bonds. The molecule has 31 heavy (non-hydrogen) atoms. The van der Waals surface area contributed by atoms with Crippen LogP contribution in [0.5, 0.6) is 0 Å². The van der Waals surface area contributed by atoms with Crippen LogP contribution in [0.1, 0.15) is 68.7 Å². The summed E-state index contributed by atoms with van der Waals surface area (Å²) in [7, 11) is -2.04. The van der Waals surface area contributed by atoms with Gasteiger partial charge < -0.3 is 10.4 Å². The number of hydrogen-bond donors (Lipinski definition) is 2. The molecule has 0 aromatic heterocycles. The zero-order valence-electron chi connectivity index (χ0n) is 18.9.